The van der Waals surface area contributed by atoms with E-state index in [1.54, 1.807) is 11.3 Å². The van der Waals surface area contributed by atoms with Gasteiger partial charge in [-0.05, 0) is 17.7 Å². The molecule has 4 heteroatoms. The van der Waals surface area contributed by atoms with Crippen molar-refractivity contribution >= 4 is 33.1 Å². The molecule has 0 fully saturated rings. The van der Waals surface area contributed by atoms with Crippen LogP contribution in [-0.2, 0) is 6.54 Å². The summed E-state index contributed by atoms with van der Waals surface area (Å²) in [5.74, 6) is 0.943. The zero-order chi connectivity index (χ0) is 9.80. The largest absolute Gasteiger partial charge is 0.365 e. The third-order valence-corrected chi connectivity index (χ3v) is 2.93. The van der Waals surface area contributed by atoms with Gasteiger partial charge in [-0.15, -0.1) is 11.3 Å². The van der Waals surface area contributed by atoms with Crippen LogP contribution < -0.4 is 5.32 Å². The second-order valence-corrected chi connectivity index (χ2v) is 4.49. The van der Waals surface area contributed by atoms with Crippen molar-refractivity contribution in [2.24, 2.45) is 0 Å². The number of nitrogens with one attached hydrogen (secondary N) is 1. The Morgan fingerprint density at radius 1 is 1.29 bits per heavy atom. The number of hydrogen-bond acceptors (Lipinski definition) is 3. The molecule has 0 atom stereocenters. The summed E-state index contributed by atoms with van der Waals surface area (Å²) >= 11 is 5.00. The average molecular weight is 269 g/mol. The van der Waals surface area contributed by atoms with E-state index in [0.717, 1.165) is 16.8 Å². The molecular formula is C10H9BrN2S. The van der Waals surface area contributed by atoms with Gasteiger partial charge in [0.1, 0.15) is 5.82 Å². The third kappa shape index (κ3) is 2.56. The molecule has 14 heavy (non-hydrogen) atoms. The molecule has 72 valence electrons. The first kappa shape index (κ1) is 9.68. The average Bonchev–Trinajstić information content (AvgIpc) is 2.70. The Kier molecular flexibility index (Phi) is 3.16. The molecule has 0 bridgehead atoms. The molecule has 2 aromatic rings. The summed E-state index contributed by atoms with van der Waals surface area (Å²) in [7, 11) is 0. The minimum atomic E-state index is 0.816. The molecule has 0 amide bonds. The quantitative estimate of drug-likeness (QED) is 0.922. The van der Waals surface area contributed by atoms with E-state index in [1.165, 1.54) is 5.56 Å². The number of aromatic nitrogens is 1. The lowest BCUT2D eigenvalue weighted by molar-refractivity contribution is 1.12. The molecular weight excluding hydrogens is 260 g/mol. The molecule has 0 spiro atoms. The number of anilines is 1. The van der Waals surface area contributed by atoms with Gasteiger partial charge in [-0.3, -0.25) is 0 Å². The molecule has 0 radical (unpaired) electrons. The van der Waals surface area contributed by atoms with Crippen LogP contribution in [0.2, 0.25) is 0 Å². The fourth-order valence-corrected chi connectivity index (χ4v) is 1.87. The van der Waals surface area contributed by atoms with E-state index in [0.29, 0.717) is 0 Å². The Balaban J connectivity index is 1.95. The smallest absolute Gasteiger partial charge is 0.137 e. The Hall–Kier alpha value is -0.870. The number of halogens is 1. The lowest BCUT2D eigenvalue weighted by Gasteiger charge is -2.02. The van der Waals surface area contributed by atoms with Crippen molar-refractivity contribution in [3.8, 4) is 0 Å². The highest BCUT2D eigenvalue weighted by Crippen LogP contribution is 2.12. The van der Waals surface area contributed by atoms with Gasteiger partial charge in [0.25, 0.3) is 0 Å². The van der Waals surface area contributed by atoms with Gasteiger partial charge < -0.3 is 5.32 Å². The molecule has 0 saturated heterocycles. The van der Waals surface area contributed by atoms with Crippen molar-refractivity contribution in [3.63, 3.8) is 0 Å². The Morgan fingerprint density at radius 2 is 2.07 bits per heavy atom. The van der Waals surface area contributed by atoms with Gasteiger partial charge in [0.2, 0.25) is 0 Å². The summed E-state index contributed by atoms with van der Waals surface area (Å²) in [4.78, 5) is 4.15. The maximum Gasteiger partial charge on any atom is 0.137 e. The molecule has 1 aromatic carbocycles. The van der Waals surface area contributed by atoms with E-state index in [9.17, 15) is 0 Å². The fraction of sp³-hybridized carbons (Fsp3) is 0.100. The van der Waals surface area contributed by atoms with Gasteiger partial charge in [-0.25, -0.2) is 4.98 Å². The molecule has 1 N–H and O–H groups in total. The normalized spacial score (nSPS) is 10.1. The summed E-state index contributed by atoms with van der Waals surface area (Å²) < 4.78 is 1.11. The van der Waals surface area contributed by atoms with Gasteiger partial charge in [0, 0.05) is 16.4 Å². The molecule has 0 aliphatic heterocycles. The third-order valence-electron chi connectivity index (χ3n) is 1.82. The first-order valence-corrected chi connectivity index (χ1v) is 5.95. The van der Waals surface area contributed by atoms with Crippen molar-refractivity contribution in [3.05, 3.63) is 45.2 Å². The molecule has 2 nitrogen and oxygen atoms in total. The number of thiazole rings is 1. The van der Waals surface area contributed by atoms with Crippen LogP contribution in [0.15, 0.2) is 39.6 Å². The van der Waals surface area contributed by atoms with E-state index in [2.05, 4.69) is 38.4 Å². The zero-order valence-electron chi connectivity index (χ0n) is 7.40. The number of benzene rings is 1. The van der Waals surface area contributed by atoms with Gasteiger partial charge in [-0.2, -0.15) is 0 Å². The van der Waals surface area contributed by atoms with Gasteiger partial charge in [0.15, 0.2) is 0 Å². The molecule has 0 aliphatic rings. The van der Waals surface area contributed by atoms with Crippen molar-refractivity contribution in [1.29, 1.82) is 0 Å². The summed E-state index contributed by atoms with van der Waals surface area (Å²) in [6, 6.07) is 8.25. The number of rotatable bonds is 3. The number of hydrogen-bond donors (Lipinski definition) is 1. The summed E-state index contributed by atoms with van der Waals surface area (Å²) in [5.41, 5.74) is 3.07. The highest BCUT2D eigenvalue weighted by Gasteiger charge is 1.94. The van der Waals surface area contributed by atoms with E-state index >= 15 is 0 Å². The Bertz CT molecular complexity index is 383. The lowest BCUT2D eigenvalue weighted by Crippen LogP contribution is -1.98. The first-order chi connectivity index (χ1) is 6.84. The van der Waals surface area contributed by atoms with Crippen LogP contribution in [0, 0.1) is 0 Å². The van der Waals surface area contributed by atoms with Crippen LogP contribution >= 0.6 is 27.3 Å². The molecule has 0 aliphatic carbocycles. The monoisotopic (exact) mass is 268 g/mol. The second kappa shape index (κ2) is 4.57. The topological polar surface area (TPSA) is 24.9 Å². The predicted octanol–water partition coefficient (Wildman–Crippen LogP) is 3.52. The van der Waals surface area contributed by atoms with Gasteiger partial charge in [0.05, 0.1) is 5.51 Å². The van der Waals surface area contributed by atoms with Gasteiger partial charge in [-0.1, -0.05) is 28.1 Å². The van der Waals surface area contributed by atoms with E-state index < -0.39 is 0 Å². The Labute approximate surface area is 95.1 Å². The van der Waals surface area contributed by atoms with Crippen LogP contribution in [0.1, 0.15) is 5.56 Å². The maximum absolute atomic E-state index is 4.15. The zero-order valence-corrected chi connectivity index (χ0v) is 9.81. The molecule has 2 rings (SSSR count). The van der Waals surface area contributed by atoms with Crippen molar-refractivity contribution in [1.82, 2.24) is 4.98 Å². The summed E-state index contributed by atoms with van der Waals surface area (Å²) in [6.07, 6.45) is 0. The first-order valence-electron chi connectivity index (χ1n) is 4.21. The molecule has 0 saturated carbocycles. The van der Waals surface area contributed by atoms with Crippen LogP contribution in [-0.4, -0.2) is 4.98 Å². The van der Waals surface area contributed by atoms with Crippen LogP contribution in [0.25, 0.3) is 0 Å². The molecule has 1 aromatic heterocycles. The van der Waals surface area contributed by atoms with Crippen molar-refractivity contribution < 1.29 is 0 Å². The Morgan fingerprint density at radius 3 is 2.71 bits per heavy atom. The second-order valence-electron chi connectivity index (χ2n) is 2.85. The van der Waals surface area contributed by atoms with Gasteiger partial charge >= 0.3 is 0 Å². The SMILES string of the molecule is Brc1ccc(CNc2cscn2)cc1. The fourth-order valence-electron chi connectivity index (χ4n) is 1.09. The predicted molar refractivity (Wildman–Crippen MR) is 63.6 cm³/mol. The van der Waals surface area contributed by atoms with E-state index in [1.807, 2.05) is 23.0 Å². The van der Waals surface area contributed by atoms with Crippen molar-refractivity contribution in [2.45, 2.75) is 6.54 Å². The van der Waals surface area contributed by atoms with Crippen LogP contribution in [0.4, 0.5) is 5.82 Å². The van der Waals surface area contributed by atoms with E-state index in [4.69, 9.17) is 0 Å². The van der Waals surface area contributed by atoms with Crippen LogP contribution in [0.5, 0.6) is 0 Å². The van der Waals surface area contributed by atoms with Crippen LogP contribution in [0.3, 0.4) is 0 Å². The molecule has 1 heterocycles. The van der Waals surface area contributed by atoms with E-state index in [-0.39, 0.29) is 0 Å². The standard InChI is InChI=1S/C10H9BrN2S/c11-9-3-1-8(2-4-9)5-12-10-6-14-7-13-10/h1-4,6-7,12H,5H2. The molecule has 0 unspecified atom stereocenters. The summed E-state index contributed by atoms with van der Waals surface area (Å²) in [6.45, 7) is 0.816. The maximum atomic E-state index is 4.15. The number of nitrogens with zero attached hydrogens (tertiary/aromatic N) is 1. The minimum Gasteiger partial charge on any atom is -0.365 e. The highest BCUT2D eigenvalue weighted by atomic mass is 79.9. The highest BCUT2D eigenvalue weighted by molar-refractivity contribution is 9.10. The summed E-state index contributed by atoms with van der Waals surface area (Å²) in [5, 5.41) is 5.24. The lowest BCUT2D eigenvalue weighted by atomic mass is 10.2. The van der Waals surface area contributed by atoms with Crippen molar-refractivity contribution in [2.75, 3.05) is 5.32 Å². The minimum absolute atomic E-state index is 0.816.